The molecule has 1 aliphatic heterocycles. The second-order valence-electron chi connectivity index (χ2n) is 3.78. The van der Waals surface area contributed by atoms with Crippen LogP contribution in [0.4, 0.5) is 0 Å². The molecule has 0 saturated carbocycles. The predicted molar refractivity (Wildman–Crippen MR) is 50.3 cm³/mol. The Morgan fingerprint density at radius 1 is 1.69 bits per heavy atom. The Morgan fingerprint density at radius 2 is 2.38 bits per heavy atom. The third-order valence-electron chi connectivity index (χ3n) is 2.27. The Hall–Kier alpha value is -0.380. The van der Waals surface area contributed by atoms with Gasteiger partial charge in [-0.25, -0.2) is 0 Å². The van der Waals surface area contributed by atoms with Gasteiger partial charge >= 0.3 is 0 Å². The minimum absolute atomic E-state index is 0.0413. The third kappa shape index (κ3) is 2.79. The normalized spacial score (nSPS) is 28.7. The van der Waals surface area contributed by atoms with E-state index in [1.165, 1.54) is 0 Å². The molecular formula is C10H18O3. The Morgan fingerprint density at radius 3 is 2.77 bits per heavy atom. The molecule has 1 N–H and O–H groups in total. The molecule has 3 nitrogen and oxygen atoms in total. The molecule has 2 unspecified atom stereocenters. The van der Waals surface area contributed by atoms with Gasteiger partial charge in [0.15, 0.2) is 5.79 Å². The van der Waals surface area contributed by atoms with Crippen LogP contribution in [-0.4, -0.2) is 30.2 Å². The van der Waals surface area contributed by atoms with Gasteiger partial charge in [-0.2, -0.15) is 0 Å². The van der Waals surface area contributed by atoms with E-state index in [9.17, 15) is 0 Å². The molecule has 0 aromatic carbocycles. The van der Waals surface area contributed by atoms with Gasteiger partial charge in [-0.3, -0.25) is 0 Å². The van der Waals surface area contributed by atoms with E-state index in [1.54, 1.807) is 0 Å². The molecule has 76 valence electrons. The van der Waals surface area contributed by atoms with Crippen molar-refractivity contribution in [1.82, 2.24) is 0 Å². The molecule has 1 saturated heterocycles. The maximum absolute atomic E-state index is 8.81. The van der Waals surface area contributed by atoms with Gasteiger partial charge < -0.3 is 14.6 Å². The molecule has 13 heavy (non-hydrogen) atoms. The molecule has 1 heterocycles. The molecule has 0 spiro atoms. The lowest BCUT2D eigenvalue weighted by Gasteiger charge is -2.21. The highest BCUT2D eigenvalue weighted by atomic mass is 16.7. The highest BCUT2D eigenvalue weighted by molar-refractivity contribution is 4.88. The van der Waals surface area contributed by atoms with E-state index >= 15 is 0 Å². The molecule has 0 aromatic rings. The number of aliphatic hydroxyl groups excluding tert-OH is 1. The van der Waals surface area contributed by atoms with Gasteiger partial charge in [0.05, 0.1) is 12.7 Å². The maximum Gasteiger partial charge on any atom is 0.163 e. The summed E-state index contributed by atoms with van der Waals surface area (Å²) in [6, 6.07) is 0. The standard InChI is InChI=1S/C10H18O3/c1-4-8(5-6-11)9-7-12-10(2,3)13-9/h4,8-9,11H,1,5-7H2,2-3H3. The fourth-order valence-electron chi connectivity index (χ4n) is 1.53. The first kappa shape index (κ1) is 10.7. The molecule has 0 aliphatic carbocycles. The highest BCUT2D eigenvalue weighted by Crippen LogP contribution is 2.28. The Kier molecular flexibility index (Phi) is 3.47. The molecule has 0 radical (unpaired) electrons. The first-order valence-corrected chi connectivity index (χ1v) is 4.64. The van der Waals surface area contributed by atoms with E-state index < -0.39 is 5.79 Å². The lowest BCUT2D eigenvalue weighted by Crippen LogP contribution is -2.26. The van der Waals surface area contributed by atoms with Gasteiger partial charge in [0.25, 0.3) is 0 Å². The summed E-state index contributed by atoms with van der Waals surface area (Å²) in [4.78, 5) is 0. The van der Waals surface area contributed by atoms with Gasteiger partial charge in [-0.05, 0) is 20.3 Å². The second kappa shape index (κ2) is 4.22. The van der Waals surface area contributed by atoms with Crippen LogP contribution in [0.1, 0.15) is 20.3 Å². The molecule has 1 fully saturated rings. The lowest BCUT2D eigenvalue weighted by molar-refractivity contribution is -0.142. The summed E-state index contributed by atoms with van der Waals surface area (Å²) >= 11 is 0. The largest absolute Gasteiger partial charge is 0.396 e. The van der Waals surface area contributed by atoms with Gasteiger partial charge in [0.1, 0.15) is 0 Å². The zero-order valence-electron chi connectivity index (χ0n) is 8.32. The van der Waals surface area contributed by atoms with E-state index in [0.717, 1.165) is 0 Å². The van der Waals surface area contributed by atoms with Crippen molar-refractivity contribution < 1.29 is 14.6 Å². The number of hydrogen-bond acceptors (Lipinski definition) is 3. The van der Waals surface area contributed by atoms with Crippen molar-refractivity contribution in [2.45, 2.75) is 32.2 Å². The summed E-state index contributed by atoms with van der Waals surface area (Å²) in [6.45, 7) is 8.27. The average molecular weight is 186 g/mol. The monoisotopic (exact) mass is 186 g/mol. The predicted octanol–water partition coefficient (Wildman–Crippen LogP) is 1.32. The Bertz CT molecular complexity index is 177. The van der Waals surface area contributed by atoms with E-state index in [2.05, 4.69) is 6.58 Å². The van der Waals surface area contributed by atoms with Crippen LogP contribution in [0.3, 0.4) is 0 Å². The van der Waals surface area contributed by atoms with Crippen molar-refractivity contribution in [2.75, 3.05) is 13.2 Å². The summed E-state index contributed by atoms with van der Waals surface area (Å²) in [5, 5.41) is 8.81. The Balaban J connectivity index is 2.47. The van der Waals surface area contributed by atoms with E-state index in [4.69, 9.17) is 14.6 Å². The van der Waals surface area contributed by atoms with Crippen molar-refractivity contribution in [3.63, 3.8) is 0 Å². The van der Waals surface area contributed by atoms with Crippen LogP contribution in [0, 0.1) is 5.92 Å². The van der Waals surface area contributed by atoms with Crippen LogP contribution >= 0.6 is 0 Å². The van der Waals surface area contributed by atoms with Crippen LogP contribution in [0.5, 0.6) is 0 Å². The van der Waals surface area contributed by atoms with Crippen molar-refractivity contribution in [1.29, 1.82) is 0 Å². The number of ether oxygens (including phenoxy) is 2. The molecule has 1 aliphatic rings. The molecular weight excluding hydrogens is 168 g/mol. The van der Waals surface area contributed by atoms with E-state index in [0.29, 0.717) is 13.0 Å². The second-order valence-corrected chi connectivity index (χ2v) is 3.78. The summed E-state index contributed by atoms with van der Waals surface area (Å²) in [5.74, 6) is -0.298. The minimum Gasteiger partial charge on any atom is -0.396 e. The van der Waals surface area contributed by atoms with E-state index in [-0.39, 0.29) is 18.6 Å². The summed E-state index contributed by atoms with van der Waals surface area (Å²) in [7, 11) is 0. The number of aliphatic hydroxyl groups is 1. The van der Waals surface area contributed by atoms with Crippen LogP contribution < -0.4 is 0 Å². The molecule has 2 atom stereocenters. The maximum atomic E-state index is 8.81. The van der Waals surface area contributed by atoms with Gasteiger partial charge in [0.2, 0.25) is 0 Å². The van der Waals surface area contributed by atoms with Crippen LogP contribution in [0.25, 0.3) is 0 Å². The topological polar surface area (TPSA) is 38.7 Å². The van der Waals surface area contributed by atoms with Crippen LogP contribution in [0.15, 0.2) is 12.7 Å². The van der Waals surface area contributed by atoms with Crippen LogP contribution in [-0.2, 0) is 9.47 Å². The first-order chi connectivity index (χ1) is 6.09. The summed E-state index contributed by atoms with van der Waals surface area (Å²) in [5.41, 5.74) is 0. The zero-order valence-corrected chi connectivity index (χ0v) is 8.32. The van der Waals surface area contributed by atoms with Crippen molar-refractivity contribution >= 4 is 0 Å². The minimum atomic E-state index is -0.485. The average Bonchev–Trinajstić information content (AvgIpc) is 2.42. The molecule has 0 amide bonds. The van der Waals surface area contributed by atoms with Crippen molar-refractivity contribution in [3.8, 4) is 0 Å². The molecule has 1 rings (SSSR count). The fraction of sp³-hybridized carbons (Fsp3) is 0.800. The molecule has 3 heteroatoms. The van der Waals surface area contributed by atoms with E-state index in [1.807, 2.05) is 19.9 Å². The summed E-state index contributed by atoms with van der Waals surface area (Å²) < 4.78 is 11.1. The number of hydrogen-bond donors (Lipinski definition) is 1. The highest BCUT2D eigenvalue weighted by Gasteiger charge is 2.35. The van der Waals surface area contributed by atoms with Crippen LogP contribution in [0.2, 0.25) is 0 Å². The Labute approximate surface area is 79.3 Å². The fourth-order valence-corrected chi connectivity index (χ4v) is 1.53. The smallest absolute Gasteiger partial charge is 0.163 e. The van der Waals surface area contributed by atoms with Crippen molar-refractivity contribution in [3.05, 3.63) is 12.7 Å². The zero-order chi connectivity index (χ0) is 9.90. The molecule has 0 aromatic heterocycles. The first-order valence-electron chi connectivity index (χ1n) is 4.64. The quantitative estimate of drug-likeness (QED) is 0.673. The number of rotatable bonds is 4. The summed E-state index contributed by atoms with van der Waals surface area (Å²) in [6.07, 6.45) is 2.55. The van der Waals surface area contributed by atoms with Gasteiger partial charge in [-0.15, -0.1) is 6.58 Å². The van der Waals surface area contributed by atoms with Gasteiger partial charge in [0, 0.05) is 12.5 Å². The SMILES string of the molecule is C=CC(CCO)C1COC(C)(C)O1. The third-order valence-corrected chi connectivity index (χ3v) is 2.27. The van der Waals surface area contributed by atoms with Gasteiger partial charge in [-0.1, -0.05) is 6.08 Å². The van der Waals surface area contributed by atoms with Crippen molar-refractivity contribution in [2.24, 2.45) is 5.92 Å². The lowest BCUT2D eigenvalue weighted by atomic mass is 10.00. The molecule has 0 bridgehead atoms.